The van der Waals surface area contributed by atoms with E-state index in [1.807, 2.05) is 28.8 Å². The standard InChI is InChI=1S/C13H16N4O2/c18-13(10-5-8-19-9-10)14-6-4-12-16-15-11-3-1-2-7-17(11)12/h1-3,7,10H,4-6,8-9H2,(H,14,18). The van der Waals surface area contributed by atoms with E-state index in [2.05, 4.69) is 15.5 Å². The van der Waals surface area contributed by atoms with Crippen molar-refractivity contribution in [1.29, 1.82) is 0 Å². The van der Waals surface area contributed by atoms with Crippen LogP contribution in [0.2, 0.25) is 0 Å². The van der Waals surface area contributed by atoms with Crippen molar-refractivity contribution in [2.24, 2.45) is 5.92 Å². The second-order valence-corrected chi connectivity index (χ2v) is 4.65. The van der Waals surface area contributed by atoms with E-state index in [1.54, 1.807) is 0 Å². The maximum absolute atomic E-state index is 11.8. The topological polar surface area (TPSA) is 68.5 Å². The van der Waals surface area contributed by atoms with E-state index in [9.17, 15) is 4.79 Å². The van der Waals surface area contributed by atoms with E-state index in [0.717, 1.165) is 17.9 Å². The van der Waals surface area contributed by atoms with Gasteiger partial charge in [-0.25, -0.2) is 0 Å². The highest BCUT2D eigenvalue weighted by atomic mass is 16.5. The lowest BCUT2D eigenvalue weighted by Crippen LogP contribution is -2.32. The Morgan fingerprint density at radius 1 is 1.47 bits per heavy atom. The van der Waals surface area contributed by atoms with Crippen molar-refractivity contribution in [3.05, 3.63) is 30.2 Å². The predicted molar refractivity (Wildman–Crippen MR) is 68.6 cm³/mol. The Hall–Kier alpha value is -1.95. The van der Waals surface area contributed by atoms with Gasteiger partial charge in [-0.15, -0.1) is 10.2 Å². The molecule has 1 saturated heterocycles. The average Bonchev–Trinajstić information content (AvgIpc) is 3.08. The molecule has 0 radical (unpaired) electrons. The van der Waals surface area contributed by atoms with Crippen molar-refractivity contribution in [2.75, 3.05) is 19.8 Å². The lowest BCUT2D eigenvalue weighted by atomic mass is 10.1. The predicted octanol–water partition coefficient (Wildman–Crippen LogP) is 0.424. The van der Waals surface area contributed by atoms with Crippen LogP contribution in [0.1, 0.15) is 12.2 Å². The third-order valence-electron chi connectivity index (χ3n) is 3.33. The second kappa shape index (κ2) is 5.36. The Morgan fingerprint density at radius 3 is 3.26 bits per heavy atom. The van der Waals surface area contributed by atoms with Crippen molar-refractivity contribution < 1.29 is 9.53 Å². The van der Waals surface area contributed by atoms with Crippen molar-refractivity contribution in [2.45, 2.75) is 12.8 Å². The minimum absolute atomic E-state index is 0.00939. The molecule has 1 fully saturated rings. The van der Waals surface area contributed by atoms with Crippen LogP contribution in [0, 0.1) is 5.92 Å². The van der Waals surface area contributed by atoms with E-state index < -0.39 is 0 Å². The third kappa shape index (κ3) is 2.58. The Labute approximate surface area is 110 Å². The summed E-state index contributed by atoms with van der Waals surface area (Å²) in [5.74, 6) is 0.944. The van der Waals surface area contributed by atoms with E-state index in [4.69, 9.17) is 4.74 Å². The van der Waals surface area contributed by atoms with E-state index in [1.165, 1.54) is 0 Å². The Kier molecular flexibility index (Phi) is 3.41. The number of pyridine rings is 1. The van der Waals surface area contributed by atoms with Gasteiger partial charge in [-0.2, -0.15) is 0 Å². The van der Waals surface area contributed by atoms with Gasteiger partial charge < -0.3 is 10.1 Å². The first-order chi connectivity index (χ1) is 9.34. The van der Waals surface area contributed by atoms with Gasteiger partial charge >= 0.3 is 0 Å². The van der Waals surface area contributed by atoms with Crippen LogP contribution in [-0.2, 0) is 16.0 Å². The lowest BCUT2D eigenvalue weighted by molar-refractivity contribution is -0.124. The second-order valence-electron chi connectivity index (χ2n) is 4.65. The van der Waals surface area contributed by atoms with Crippen molar-refractivity contribution in [3.63, 3.8) is 0 Å². The van der Waals surface area contributed by atoms with Crippen LogP contribution in [0.5, 0.6) is 0 Å². The van der Waals surface area contributed by atoms with Crippen LogP contribution in [0.25, 0.3) is 5.65 Å². The largest absolute Gasteiger partial charge is 0.381 e. The molecule has 0 spiro atoms. The van der Waals surface area contributed by atoms with Crippen molar-refractivity contribution >= 4 is 11.6 Å². The van der Waals surface area contributed by atoms with Crippen LogP contribution in [0.3, 0.4) is 0 Å². The van der Waals surface area contributed by atoms with Gasteiger partial charge in [0.15, 0.2) is 5.65 Å². The molecule has 0 saturated carbocycles. The molecule has 3 heterocycles. The highest BCUT2D eigenvalue weighted by Crippen LogP contribution is 2.11. The molecule has 100 valence electrons. The summed E-state index contributed by atoms with van der Waals surface area (Å²) in [5.41, 5.74) is 0.827. The molecule has 6 nitrogen and oxygen atoms in total. The number of amides is 1. The normalized spacial score (nSPS) is 18.8. The summed E-state index contributed by atoms with van der Waals surface area (Å²) >= 11 is 0. The summed E-state index contributed by atoms with van der Waals surface area (Å²) < 4.78 is 7.14. The monoisotopic (exact) mass is 260 g/mol. The van der Waals surface area contributed by atoms with Gasteiger partial charge in [0, 0.05) is 25.8 Å². The molecule has 0 aromatic carbocycles. The number of carbonyl (C=O) groups excluding carboxylic acids is 1. The van der Waals surface area contributed by atoms with Crippen LogP contribution in [0.4, 0.5) is 0 Å². The minimum Gasteiger partial charge on any atom is -0.381 e. The highest BCUT2D eigenvalue weighted by Gasteiger charge is 2.22. The summed E-state index contributed by atoms with van der Waals surface area (Å²) in [6, 6.07) is 5.77. The number of nitrogens with one attached hydrogen (secondary N) is 1. The molecule has 2 aromatic rings. The van der Waals surface area contributed by atoms with E-state index >= 15 is 0 Å². The zero-order chi connectivity index (χ0) is 13.1. The van der Waals surface area contributed by atoms with Gasteiger partial charge in [0.05, 0.1) is 12.5 Å². The quantitative estimate of drug-likeness (QED) is 0.865. The zero-order valence-corrected chi connectivity index (χ0v) is 10.6. The van der Waals surface area contributed by atoms with Gasteiger partial charge in [0.2, 0.25) is 5.91 Å². The molecule has 19 heavy (non-hydrogen) atoms. The van der Waals surface area contributed by atoms with E-state index in [0.29, 0.717) is 26.2 Å². The summed E-state index contributed by atoms with van der Waals surface area (Å²) in [7, 11) is 0. The van der Waals surface area contributed by atoms with Crippen LogP contribution >= 0.6 is 0 Å². The molecular formula is C13H16N4O2. The molecular weight excluding hydrogens is 244 g/mol. The Morgan fingerprint density at radius 2 is 2.42 bits per heavy atom. The lowest BCUT2D eigenvalue weighted by Gasteiger charge is -2.08. The molecule has 2 aromatic heterocycles. The van der Waals surface area contributed by atoms with Gasteiger partial charge in [-0.05, 0) is 18.6 Å². The first kappa shape index (κ1) is 12.1. The number of carbonyl (C=O) groups is 1. The van der Waals surface area contributed by atoms with Gasteiger partial charge in [0.25, 0.3) is 0 Å². The molecule has 1 atom stereocenters. The summed E-state index contributed by atoms with van der Waals surface area (Å²) in [4.78, 5) is 11.8. The number of nitrogens with zero attached hydrogens (tertiary/aromatic N) is 3. The number of hydrogen-bond donors (Lipinski definition) is 1. The maximum atomic E-state index is 11.8. The SMILES string of the molecule is O=C(NCCc1nnc2ccccn12)C1CCOC1. The smallest absolute Gasteiger partial charge is 0.225 e. The van der Waals surface area contributed by atoms with Crippen LogP contribution in [-0.4, -0.2) is 40.3 Å². The minimum atomic E-state index is 0.00939. The number of aromatic nitrogens is 3. The fraction of sp³-hybridized carbons (Fsp3) is 0.462. The number of rotatable bonds is 4. The Balaban J connectivity index is 1.56. The third-order valence-corrected chi connectivity index (χ3v) is 3.33. The van der Waals surface area contributed by atoms with E-state index in [-0.39, 0.29) is 11.8 Å². The molecule has 6 heteroatoms. The Bertz CT molecular complexity index is 575. The average molecular weight is 260 g/mol. The fourth-order valence-corrected chi connectivity index (χ4v) is 2.24. The maximum Gasteiger partial charge on any atom is 0.225 e. The van der Waals surface area contributed by atoms with Gasteiger partial charge in [0.1, 0.15) is 5.82 Å². The molecule has 1 N–H and O–H groups in total. The van der Waals surface area contributed by atoms with Crippen molar-refractivity contribution in [3.8, 4) is 0 Å². The molecule has 1 aliphatic rings. The number of hydrogen-bond acceptors (Lipinski definition) is 4. The van der Waals surface area contributed by atoms with Crippen LogP contribution < -0.4 is 5.32 Å². The summed E-state index contributed by atoms with van der Waals surface area (Å²) in [6.07, 6.45) is 3.42. The molecule has 0 aliphatic carbocycles. The summed E-state index contributed by atoms with van der Waals surface area (Å²) in [5, 5.41) is 11.1. The molecule has 1 aliphatic heterocycles. The highest BCUT2D eigenvalue weighted by molar-refractivity contribution is 5.78. The molecule has 0 bridgehead atoms. The number of ether oxygens (including phenoxy) is 1. The molecule has 1 amide bonds. The zero-order valence-electron chi connectivity index (χ0n) is 10.6. The first-order valence-corrected chi connectivity index (χ1v) is 6.49. The molecule has 3 rings (SSSR count). The molecule has 1 unspecified atom stereocenters. The number of fused-ring (bicyclic) bond motifs is 1. The first-order valence-electron chi connectivity index (χ1n) is 6.49. The van der Waals surface area contributed by atoms with Crippen LogP contribution in [0.15, 0.2) is 24.4 Å². The fourth-order valence-electron chi connectivity index (χ4n) is 2.24. The van der Waals surface area contributed by atoms with Crippen molar-refractivity contribution in [1.82, 2.24) is 19.9 Å². The van der Waals surface area contributed by atoms with Gasteiger partial charge in [-0.1, -0.05) is 6.07 Å². The van der Waals surface area contributed by atoms with Gasteiger partial charge in [-0.3, -0.25) is 9.20 Å². The summed E-state index contributed by atoms with van der Waals surface area (Å²) in [6.45, 7) is 1.80.